The number of likely N-dealkylation sites (tertiary alicyclic amines) is 1. The van der Waals surface area contributed by atoms with Crippen LogP contribution in [0.1, 0.15) is 37.8 Å². The number of carboxylic acids is 2. The van der Waals surface area contributed by atoms with Crippen LogP contribution in [0.25, 0.3) is 34.0 Å². The molecule has 12 heteroatoms. The standard InChI is InChI=1S/C40H38FN3O8/c1-26(2)51-38(49)50-25-39(22-27-9-5-3-6-10-27)24-40(36(45)46,37(47)48)19-20-44(39)23-28-13-15-30(16-14-28)34-42-35(52-43-34)31-17-18-32(33(41)21-31)29-11-7-4-8-12-29/h3-18,21,26H,19-20,22-25H2,1-2H3,(H,45,46)(H,47,48). The molecule has 1 unspecified atom stereocenters. The second-order valence-electron chi connectivity index (χ2n) is 13.3. The van der Waals surface area contributed by atoms with Crippen molar-refractivity contribution in [1.29, 1.82) is 0 Å². The van der Waals surface area contributed by atoms with Crippen molar-refractivity contribution in [3.63, 3.8) is 0 Å². The molecule has 0 spiro atoms. The molecule has 1 aliphatic rings. The molecule has 0 amide bonds. The number of nitrogens with zero attached hydrogens (tertiary/aromatic N) is 3. The third-order valence-electron chi connectivity index (χ3n) is 9.41. The summed E-state index contributed by atoms with van der Waals surface area (Å²) >= 11 is 0. The van der Waals surface area contributed by atoms with Crippen molar-refractivity contribution >= 4 is 18.1 Å². The zero-order valence-electron chi connectivity index (χ0n) is 28.7. The predicted octanol–water partition coefficient (Wildman–Crippen LogP) is 7.50. The van der Waals surface area contributed by atoms with Gasteiger partial charge in [-0.05, 0) is 61.9 Å². The van der Waals surface area contributed by atoms with Crippen LogP contribution in [0.3, 0.4) is 0 Å². The van der Waals surface area contributed by atoms with E-state index in [0.717, 1.165) is 16.7 Å². The maximum atomic E-state index is 15.0. The molecule has 1 fully saturated rings. The molecule has 2 N–H and O–H groups in total. The lowest BCUT2D eigenvalue weighted by molar-refractivity contribution is -0.176. The number of piperidine rings is 1. The van der Waals surface area contributed by atoms with Crippen molar-refractivity contribution in [2.45, 2.75) is 51.3 Å². The van der Waals surface area contributed by atoms with Crippen LogP contribution in [-0.4, -0.2) is 68.1 Å². The summed E-state index contributed by atoms with van der Waals surface area (Å²) in [5, 5.41) is 24.6. The first kappa shape index (κ1) is 35.9. The fourth-order valence-corrected chi connectivity index (χ4v) is 6.73. The van der Waals surface area contributed by atoms with E-state index in [1.165, 1.54) is 6.07 Å². The van der Waals surface area contributed by atoms with E-state index in [1.54, 1.807) is 38.1 Å². The number of rotatable bonds is 12. The van der Waals surface area contributed by atoms with Crippen LogP contribution >= 0.6 is 0 Å². The molecular weight excluding hydrogens is 669 g/mol. The van der Waals surface area contributed by atoms with Gasteiger partial charge in [0.2, 0.25) is 5.82 Å². The van der Waals surface area contributed by atoms with E-state index in [0.29, 0.717) is 22.5 Å². The number of hydrogen-bond acceptors (Lipinski definition) is 9. The normalized spacial score (nSPS) is 17.1. The molecule has 0 bridgehead atoms. The Bertz CT molecular complexity index is 2020. The van der Waals surface area contributed by atoms with Crippen molar-refractivity contribution in [2.75, 3.05) is 13.2 Å². The Morgan fingerprint density at radius 1 is 0.865 bits per heavy atom. The molecule has 0 aliphatic carbocycles. The van der Waals surface area contributed by atoms with Crippen molar-refractivity contribution < 1.29 is 43.0 Å². The van der Waals surface area contributed by atoms with Crippen molar-refractivity contribution in [1.82, 2.24) is 15.0 Å². The quantitative estimate of drug-likeness (QED) is 0.0979. The third kappa shape index (κ3) is 7.71. The number of carboxylic acid groups (broad SMARTS) is 2. The van der Waals surface area contributed by atoms with Gasteiger partial charge >= 0.3 is 18.1 Å². The minimum atomic E-state index is -2.10. The molecule has 6 rings (SSSR count). The second kappa shape index (κ2) is 15.2. The number of aromatic nitrogens is 2. The maximum absolute atomic E-state index is 15.0. The SMILES string of the molecule is CC(C)OC(=O)OCC1(Cc2ccccc2)CC(C(=O)O)(C(=O)O)CCN1Cc1ccc(-c2noc(-c3ccc(-c4ccccc4)c(F)c3)n2)cc1. The first-order chi connectivity index (χ1) is 25.0. The largest absolute Gasteiger partial charge is 0.508 e. The van der Waals surface area contributed by atoms with E-state index in [2.05, 4.69) is 10.1 Å². The molecule has 2 heterocycles. The molecule has 1 aromatic heterocycles. The zero-order valence-corrected chi connectivity index (χ0v) is 28.7. The lowest BCUT2D eigenvalue weighted by Crippen LogP contribution is -2.63. The Morgan fingerprint density at radius 3 is 2.15 bits per heavy atom. The first-order valence-electron chi connectivity index (χ1n) is 16.9. The van der Waals surface area contributed by atoms with Crippen LogP contribution < -0.4 is 0 Å². The number of aliphatic carboxylic acids is 2. The summed E-state index contributed by atoms with van der Waals surface area (Å²) in [7, 11) is 0. The Morgan fingerprint density at radius 2 is 1.52 bits per heavy atom. The summed E-state index contributed by atoms with van der Waals surface area (Å²) < 4.78 is 31.3. The van der Waals surface area contributed by atoms with Gasteiger partial charge in [-0.1, -0.05) is 96.2 Å². The van der Waals surface area contributed by atoms with E-state index in [4.69, 9.17) is 14.0 Å². The van der Waals surface area contributed by atoms with Gasteiger partial charge in [-0.25, -0.2) is 9.18 Å². The average Bonchev–Trinajstić information content (AvgIpc) is 3.63. The van der Waals surface area contributed by atoms with Gasteiger partial charge in [0, 0.05) is 29.8 Å². The van der Waals surface area contributed by atoms with Crippen molar-refractivity contribution in [3.05, 3.63) is 120 Å². The monoisotopic (exact) mass is 707 g/mol. The summed E-state index contributed by atoms with van der Waals surface area (Å²) in [5.41, 5.74) is 0.615. The Balaban J connectivity index is 1.26. The molecule has 1 aliphatic heterocycles. The fourth-order valence-electron chi connectivity index (χ4n) is 6.73. The van der Waals surface area contributed by atoms with E-state index in [-0.39, 0.29) is 44.8 Å². The first-order valence-corrected chi connectivity index (χ1v) is 16.9. The van der Waals surface area contributed by atoms with Crippen LogP contribution in [0, 0.1) is 11.2 Å². The van der Waals surface area contributed by atoms with Crippen molar-refractivity contribution in [2.24, 2.45) is 5.41 Å². The molecule has 268 valence electrons. The zero-order chi connectivity index (χ0) is 36.9. The molecule has 11 nitrogen and oxygen atoms in total. The van der Waals surface area contributed by atoms with E-state index < -0.39 is 41.0 Å². The minimum absolute atomic E-state index is 0.101. The topological polar surface area (TPSA) is 152 Å². The number of carbonyl (C=O) groups is 3. The van der Waals surface area contributed by atoms with Gasteiger partial charge in [0.15, 0.2) is 5.41 Å². The molecular formula is C40H38FN3O8. The van der Waals surface area contributed by atoms with Gasteiger partial charge in [-0.3, -0.25) is 14.5 Å². The summed E-state index contributed by atoms with van der Waals surface area (Å²) in [5.74, 6) is -2.84. The van der Waals surface area contributed by atoms with E-state index in [1.807, 2.05) is 77.7 Å². The lowest BCUT2D eigenvalue weighted by Gasteiger charge is -2.51. The smallest absolute Gasteiger partial charge is 0.480 e. The molecule has 1 atom stereocenters. The fraction of sp³-hybridized carbons (Fsp3) is 0.275. The minimum Gasteiger partial charge on any atom is -0.480 e. The average molecular weight is 708 g/mol. The Kier molecular flexibility index (Phi) is 10.5. The molecule has 0 saturated carbocycles. The van der Waals surface area contributed by atoms with Crippen molar-refractivity contribution in [3.8, 4) is 34.0 Å². The van der Waals surface area contributed by atoms with Gasteiger partial charge in [-0.15, -0.1) is 0 Å². The summed E-state index contributed by atoms with van der Waals surface area (Å²) in [4.78, 5) is 44.3. The third-order valence-corrected chi connectivity index (χ3v) is 9.41. The molecule has 1 saturated heterocycles. The van der Waals surface area contributed by atoms with E-state index in [9.17, 15) is 24.6 Å². The van der Waals surface area contributed by atoms with Crippen LogP contribution in [0.15, 0.2) is 108 Å². The molecule has 52 heavy (non-hydrogen) atoms. The van der Waals surface area contributed by atoms with E-state index >= 15 is 4.39 Å². The second-order valence-corrected chi connectivity index (χ2v) is 13.3. The highest BCUT2D eigenvalue weighted by Gasteiger charge is 2.58. The summed E-state index contributed by atoms with van der Waals surface area (Å²) in [6.07, 6.45) is -1.64. The van der Waals surface area contributed by atoms with Crippen LogP contribution in [0.4, 0.5) is 9.18 Å². The maximum Gasteiger partial charge on any atom is 0.508 e. The number of carbonyl (C=O) groups excluding carboxylic acids is 1. The Labute approximate surface area is 299 Å². The van der Waals surface area contributed by atoms with Gasteiger partial charge in [0.1, 0.15) is 12.4 Å². The van der Waals surface area contributed by atoms with Crippen LogP contribution in [-0.2, 0) is 32.0 Å². The highest BCUT2D eigenvalue weighted by atomic mass is 19.1. The lowest BCUT2D eigenvalue weighted by atomic mass is 9.67. The van der Waals surface area contributed by atoms with Gasteiger partial charge in [0.25, 0.3) is 5.89 Å². The highest BCUT2D eigenvalue weighted by Crippen LogP contribution is 2.44. The van der Waals surface area contributed by atoms with Gasteiger partial charge < -0.3 is 24.2 Å². The molecule has 4 aromatic carbocycles. The van der Waals surface area contributed by atoms with Crippen LogP contribution in [0.5, 0.6) is 0 Å². The summed E-state index contributed by atoms with van der Waals surface area (Å²) in [6, 6.07) is 30.6. The highest BCUT2D eigenvalue weighted by molar-refractivity contribution is 5.98. The van der Waals surface area contributed by atoms with Gasteiger partial charge in [-0.2, -0.15) is 4.98 Å². The number of halogens is 1. The molecule has 0 radical (unpaired) electrons. The summed E-state index contributed by atoms with van der Waals surface area (Å²) in [6.45, 7) is 3.44. The number of ether oxygens (including phenoxy) is 2. The Hall–Kier alpha value is -5.88. The molecule has 5 aromatic rings. The number of hydrogen-bond donors (Lipinski definition) is 2. The van der Waals surface area contributed by atoms with Crippen LogP contribution in [0.2, 0.25) is 0 Å². The predicted molar refractivity (Wildman–Crippen MR) is 188 cm³/mol. The number of benzene rings is 4. The van der Waals surface area contributed by atoms with Gasteiger partial charge in [0.05, 0.1) is 11.6 Å².